The molecule has 19 heavy (non-hydrogen) atoms. The molecule has 0 saturated carbocycles. The highest BCUT2D eigenvalue weighted by Crippen LogP contribution is 2.19. The van der Waals surface area contributed by atoms with E-state index in [4.69, 9.17) is 5.11 Å². The number of carboxylic acid groups (broad SMARTS) is 1. The van der Waals surface area contributed by atoms with Crippen molar-refractivity contribution in [3.63, 3.8) is 0 Å². The number of imidazole rings is 1. The quantitative estimate of drug-likeness (QED) is 0.875. The zero-order chi connectivity index (χ0) is 13.0. The summed E-state index contributed by atoms with van der Waals surface area (Å²) < 4.78 is 2.00. The van der Waals surface area contributed by atoms with Gasteiger partial charge in [0.25, 0.3) is 0 Å². The van der Waals surface area contributed by atoms with Crippen LogP contribution in [0.25, 0.3) is 17.5 Å². The summed E-state index contributed by atoms with van der Waals surface area (Å²) in [4.78, 5) is 14.9. The molecule has 1 aromatic heterocycles. The lowest BCUT2D eigenvalue weighted by molar-refractivity contribution is -0.131. The Morgan fingerprint density at radius 1 is 1.37 bits per heavy atom. The first kappa shape index (κ1) is 15.0. The summed E-state index contributed by atoms with van der Waals surface area (Å²) in [6, 6.07) is 9.83. The Labute approximate surface area is 117 Å². The first-order chi connectivity index (χ1) is 8.70. The minimum atomic E-state index is -0.970. The number of rotatable bonds is 4. The van der Waals surface area contributed by atoms with Crippen LogP contribution in [0.3, 0.4) is 0 Å². The summed E-state index contributed by atoms with van der Waals surface area (Å²) >= 11 is 0. The highest BCUT2D eigenvalue weighted by molar-refractivity contribution is 5.85. The summed E-state index contributed by atoms with van der Waals surface area (Å²) in [5.74, 6) is -0.120. The Bertz CT molecular complexity index is 576. The van der Waals surface area contributed by atoms with Crippen molar-refractivity contribution in [2.75, 3.05) is 0 Å². The van der Waals surface area contributed by atoms with E-state index in [0.717, 1.165) is 24.0 Å². The van der Waals surface area contributed by atoms with E-state index in [-0.39, 0.29) is 12.4 Å². The first-order valence-corrected chi connectivity index (χ1v) is 5.74. The van der Waals surface area contributed by atoms with Gasteiger partial charge in [0.1, 0.15) is 5.82 Å². The average molecular weight is 279 g/mol. The van der Waals surface area contributed by atoms with Gasteiger partial charge in [-0.3, -0.25) is 0 Å². The van der Waals surface area contributed by atoms with Crippen LogP contribution in [-0.2, 0) is 11.3 Å². The molecule has 100 valence electrons. The monoisotopic (exact) mass is 278 g/mol. The lowest BCUT2D eigenvalue weighted by Gasteiger charge is -2.03. The summed E-state index contributed by atoms with van der Waals surface area (Å²) in [6.45, 7) is 2.82. The number of carbonyl (C=O) groups is 1. The van der Waals surface area contributed by atoms with Gasteiger partial charge >= 0.3 is 5.97 Å². The maximum atomic E-state index is 10.5. The number of hydrogen-bond donors (Lipinski definition) is 1. The van der Waals surface area contributed by atoms with Crippen molar-refractivity contribution < 1.29 is 9.90 Å². The molecule has 0 amide bonds. The van der Waals surface area contributed by atoms with E-state index in [2.05, 4.69) is 4.98 Å². The summed E-state index contributed by atoms with van der Waals surface area (Å²) in [7, 11) is 0. The molecular formula is C14H15ClN2O2. The van der Waals surface area contributed by atoms with Gasteiger partial charge in [0, 0.05) is 24.4 Å². The maximum absolute atomic E-state index is 10.5. The molecule has 5 heteroatoms. The Kier molecular flexibility index (Phi) is 5.33. The van der Waals surface area contributed by atoms with Crippen LogP contribution >= 0.6 is 12.4 Å². The van der Waals surface area contributed by atoms with E-state index < -0.39 is 5.97 Å². The summed E-state index contributed by atoms with van der Waals surface area (Å²) in [5, 5.41) is 8.60. The summed E-state index contributed by atoms with van der Waals surface area (Å²) in [6.07, 6.45) is 4.44. The van der Waals surface area contributed by atoms with Crippen molar-refractivity contribution in [2.24, 2.45) is 0 Å². The Hall–Kier alpha value is -2.07. The van der Waals surface area contributed by atoms with Crippen molar-refractivity contribution >= 4 is 24.5 Å². The molecule has 0 spiro atoms. The molecule has 4 nitrogen and oxygen atoms in total. The van der Waals surface area contributed by atoms with Crippen LogP contribution in [0.15, 0.2) is 42.6 Å². The van der Waals surface area contributed by atoms with Gasteiger partial charge in [0.2, 0.25) is 0 Å². The summed E-state index contributed by atoms with van der Waals surface area (Å²) in [5.41, 5.74) is 1.67. The smallest absolute Gasteiger partial charge is 0.328 e. The van der Waals surface area contributed by atoms with E-state index in [9.17, 15) is 4.79 Å². The van der Waals surface area contributed by atoms with E-state index in [1.165, 1.54) is 6.08 Å². The molecule has 2 aromatic rings. The van der Waals surface area contributed by atoms with Crippen LogP contribution in [0.5, 0.6) is 0 Å². The minimum absolute atomic E-state index is 0. The molecule has 0 aliphatic heterocycles. The molecule has 0 aliphatic rings. The number of aromatic nitrogens is 2. The molecule has 0 bridgehead atoms. The third-order valence-corrected chi connectivity index (χ3v) is 2.56. The largest absolute Gasteiger partial charge is 0.478 e. The second-order valence-electron chi connectivity index (χ2n) is 3.81. The van der Waals surface area contributed by atoms with Crippen LogP contribution in [-0.4, -0.2) is 20.6 Å². The zero-order valence-electron chi connectivity index (χ0n) is 10.5. The van der Waals surface area contributed by atoms with Gasteiger partial charge in [0.05, 0.1) is 5.69 Å². The fourth-order valence-corrected chi connectivity index (χ4v) is 1.73. The Balaban J connectivity index is 0.00000180. The van der Waals surface area contributed by atoms with Crippen molar-refractivity contribution in [3.05, 3.63) is 48.3 Å². The first-order valence-electron chi connectivity index (χ1n) is 5.74. The number of carboxylic acids is 1. The fraction of sp³-hybridized carbons (Fsp3) is 0.143. The van der Waals surface area contributed by atoms with Crippen LogP contribution < -0.4 is 0 Å². The third-order valence-electron chi connectivity index (χ3n) is 2.56. The van der Waals surface area contributed by atoms with Crippen molar-refractivity contribution in [3.8, 4) is 11.4 Å². The number of benzene rings is 1. The van der Waals surface area contributed by atoms with Gasteiger partial charge in [-0.1, -0.05) is 30.3 Å². The highest BCUT2D eigenvalue weighted by atomic mass is 35.5. The molecule has 1 aromatic carbocycles. The SMILES string of the molecule is CCn1cc(C=CC(=O)O)nc1-c1ccccc1.Cl. The maximum Gasteiger partial charge on any atom is 0.328 e. The molecule has 1 N–H and O–H groups in total. The van der Waals surface area contributed by atoms with E-state index in [1.807, 2.05) is 48.0 Å². The topological polar surface area (TPSA) is 55.1 Å². The molecule has 0 aliphatic carbocycles. The molecule has 2 rings (SSSR count). The fourth-order valence-electron chi connectivity index (χ4n) is 1.73. The van der Waals surface area contributed by atoms with Crippen LogP contribution in [0.4, 0.5) is 0 Å². The molecule has 0 radical (unpaired) electrons. The van der Waals surface area contributed by atoms with E-state index in [1.54, 1.807) is 0 Å². The zero-order valence-corrected chi connectivity index (χ0v) is 11.3. The van der Waals surface area contributed by atoms with Crippen LogP contribution in [0, 0.1) is 0 Å². The molecule has 0 fully saturated rings. The normalized spacial score (nSPS) is 10.4. The highest BCUT2D eigenvalue weighted by Gasteiger charge is 2.07. The van der Waals surface area contributed by atoms with Crippen molar-refractivity contribution in [1.29, 1.82) is 0 Å². The third kappa shape index (κ3) is 3.69. The van der Waals surface area contributed by atoms with Gasteiger partial charge in [-0.25, -0.2) is 9.78 Å². The molecule has 0 saturated heterocycles. The Morgan fingerprint density at radius 3 is 2.63 bits per heavy atom. The predicted molar refractivity (Wildman–Crippen MR) is 77.3 cm³/mol. The van der Waals surface area contributed by atoms with Gasteiger partial charge in [-0.05, 0) is 13.0 Å². The molecular weight excluding hydrogens is 264 g/mol. The molecule has 1 heterocycles. The van der Waals surface area contributed by atoms with Crippen LogP contribution in [0.1, 0.15) is 12.6 Å². The minimum Gasteiger partial charge on any atom is -0.478 e. The lowest BCUT2D eigenvalue weighted by atomic mass is 10.2. The van der Waals surface area contributed by atoms with Crippen molar-refractivity contribution in [1.82, 2.24) is 9.55 Å². The number of nitrogens with zero attached hydrogens (tertiary/aromatic N) is 2. The number of aliphatic carboxylic acids is 1. The van der Waals surface area contributed by atoms with Gasteiger partial charge in [-0.15, -0.1) is 12.4 Å². The number of hydrogen-bond acceptors (Lipinski definition) is 2. The van der Waals surface area contributed by atoms with Gasteiger partial charge in [0.15, 0.2) is 0 Å². The number of halogens is 1. The molecule has 0 unspecified atom stereocenters. The Morgan fingerprint density at radius 2 is 2.05 bits per heavy atom. The van der Waals surface area contributed by atoms with Crippen molar-refractivity contribution in [2.45, 2.75) is 13.5 Å². The lowest BCUT2D eigenvalue weighted by Crippen LogP contribution is -1.95. The average Bonchev–Trinajstić information content (AvgIpc) is 2.80. The predicted octanol–water partition coefficient (Wildman–Crippen LogP) is 3.09. The standard InChI is InChI=1S/C14H14N2O2.ClH/c1-2-16-10-12(8-9-13(17)18)15-14(16)11-6-4-3-5-7-11;/h3-10H,2H2,1H3,(H,17,18);1H. The van der Waals surface area contributed by atoms with Gasteiger partial charge < -0.3 is 9.67 Å². The second kappa shape index (κ2) is 6.75. The number of aryl methyl sites for hydroxylation is 1. The van der Waals surface area contributed by atoms with Crippen LogP contribution in [0.2, 0.25) is 0 Å². The van der Waals surface area contributed by atoms with Gasteiger partial charge in [-0.2, -0.15) is 0 Å². The van der Waals surface area contributed by atoms with E-state index in [0.29, 0.717) is 5.69 Å². The molecule has 0 atom stereocenters. The second-order valence-corrected chi connectivity index (χ2v) is 3.81. The van der Waals surface area contributed by atoms with E-state index >= 15 is 0 Å².